The highest BCUT2D eigenvalue weighted by molar-refractivity contribution is 7.94. The summed E-state index contributed by atoms with van der Waals surface area (Å²) in [5.41, 5.74) is 0. The van der Waals surface area contributed by atoms with Crippen LogP contribution in [0.5, 0.6) is 0 Å². The van der Waals surface area contributed by atoms with E-state index in [2.05, 4.69) is 6.58 Å². The topological polar surface area (TPSA) is 9.23 Å². The molecule has 0 aliphatic carbocycles. The van der Waals surface area contributed by atoms with Gasteiger partial charge in [-0.2, -0.15) is 0 Å². The third-order valence-corrected chi connectivity index (χ3v) is 2.01. The third-order valence-electron chi connectivity index (χ3n) is 1.17. The Morgan fingerprint density at radius 2 is 2.62 bits per heavy atom. The first-order valence-corrected chi connectivity index (χ1v) is 3.75. The van der Waals surface area contributed by atoms with Crippen molar-refractivity contribution in [3.05, 3.63) is 12.7 Å². The normalized spacial score (nSPS) is 29.8. The maximum Gasteiger partial charge on any atom is 0.0900 e. The smallest absolute Gasteiger partial charge is 0.0900 e. The van der Waals surface area contributed by atoms with Crippen molar-refractivity contribution >= 4 is 12.0 Å². The number of hydrogen-bond acceptors (Lipinski definition) is 2. The van der Waals surface area contributed by atoms with Crippen LogP contribution < -0.4 is 0 Å². The first-order valence-electron chi connectivity index (χ1n) is 2.84. The van der Waals surface area contributed by atoms with Gasteiger partial charge in [0.2, 0.25) is 0 Å². The van der Waals surface area contributed by atoms with E-state index in [1.165, 1.54) is 6.42 Å². The summed E-state index contributed by atoms with van der Waals surface area (Å²) in [6.07, 6.45) is 4.60. The van der Waals surface area contributed by atoms with Gasteiger partial charge in [-0.25, -0.2) is 0 Å². The highest BCUT2D eigenvalue weighted by Crippen LogP contribution is 2.20. The van der Waals surface area contributed by atoms with Crippen LogP contribution in [-0.2, 0) is 4.18 Å². The number of rotatable bonds is 1. The largest absolute Gasteiger partial charge is 0.308 e. The highest BCUT2D eigenvalue weighted by atomic mass is 32.2. The Morgan fingerprint density at radius 3 is 3.00 bits per heavy atom. The van der Waals surface area contributed by atoms with Crippen LogP contribution in [0.15, 0.2) is 12.7 Å². The fourth-order valence-corrected chi connectivity index (χ4v) is 1.41. The highest BCUT2D eigenvalue weighted by Gasteiger charge is 2.09. The fraction of sp³-hybridized carbons (Fsp3) is 0.667. The molecule has 1 rings (SSSR count). The molecule has 8 heavy (non-hydrogen) atoms. The minimum absolute atomic E-state index is 0.314. The van der Waals surface area contributed by atoms with Crippen LogP contribution in [0.3, 0.4) is 0 Å². The van der Waals surface area contributed by atoms with Crippen molar-refractivity contribution < 1.29 is 4.18 Å². The molecule has 0 spiro atoms. The second-order valence-corrected chi connectivity index (χ2v) is 2.67. The molecular weight excluding hydrogens is 120 g/mol. The Labute approximate surface area is 54.3 Å². The molecule has 1 heterocycles. The summed E-state index contributed by atoms with van der Waals surface area (Å²) in [4.78, 5) is 0. The first kappa shape index (κ1) is 6.17. The van der Waals surface area contributed by atoms with E-state index in [9.17, 15) is 0 Å². The van der Waals surface area contributed by atoms with Gasteiger partial charge < -0.3 is 4.18 Å². The Hall–Kier alpha value is 0.0500. The van der Waals surface area contributed by atoms with E-state index in [4.69, 9.17) is 4.18 Å². The zero-order valence-electron chi connectivity index (χ0n) is 4.80. The lowest BCUT2D eigenvalue weighted by Crippen LogP contribution is -2.10. The maximum atomic E-state index is 5.23. The molecule has 0 saturated carbocycles. The van der Waals surface area contributed by atoms with Crippen molar-refractivity contribution in [3.63, 3.8) is 0 Å². The Kier molecular flexibility index (Phi) is 2.43. The Morgan fingerprint density at radius 1 is 1.75 bits per heavy atom. The van der Waals surface area contributed by atoms with Gasteiger partial charge in [0.25, 0.3) is 0 Å². The van der Waals surface area contributed by atoms with Gasteiger partial charge >= 0.3 is 0 Å². The van der Waals surface area contributed by atoms with Gasteiger partial charge in [0.05, 0.1) is 6.10 Å². The molecule has 1 saturated heterocycles. The quantitative estimate of drug-likeness (QED) is 0.396. The molecule has 1 unspecified atom stereocenters. The minimum atomic E-state index is 0.314. The second kappa shape index (κ2) is 3.15. The molecule has 0 aromatic rings. The molecule has 0 aromatic heterocycles. The van der Waals surface area contributed by atoms with Crippen LogP contribution in [0.1, 0.15) is 12.8 Å². The minimum Gasteiger partial charge on any atom is -0.308 e. The van der Waals surface area contributed by atoms with Crippen LogP contribution in [0.2, 0.25) is 0 Å². The molecule has 0 radical (unpaired) electrons. The zero-order valence-corrected chi connectivity index (χ0v) is 5.62. The molecule has 46 valence electrons. The predicted molar refractivity (Wildman–Crippen MR) is 36.8 cm³/mol. The lowest BCUT2D eigenvalue weighted by atomic mass is 10.2. The molecule has 0 amide bonds. The predicted octanol–water partition coefficient (Wildman–Crippen LogP) is 2.00. The molecule has 0 aromatic carbocycles. The van der Waals surface area contributed by atoms with Crippen molar-refractivity contribution in [1.82, 2.24) is 0 Å². The first-order chi connectivity index (χ1) is 3.93. The van der Waals surface area contributed by atoms with Crippen LogP contribution >= 0.6 is 12.0 Å². The molecule has 2 heteroatoms. The van der Waals surface area contributed by atoms with Gasteiger partial charge in [0, 0.05) is 5.75 Å². The fourth-order valence-electron chi connectivity index (χ4n) is 0.684. The van der Waals surface area contributed by atoms with Crippen LogP contribution in [0.25, 0.3) is 0 Å². The Balaban J connectivity index is 2.22. The number of hydrogen-bond donors (Lipinski definition) is 0. The molecular formula is C6H10OS. The molecule has 0 bridgehead atoms. The van der Waals surface area contributed by atoms with Crippen LogP contribution in [0, 0.1) is 0 Å². The molecule has 1 fully saturated rings. The van der Waals surface area contributed by atoms with Crippen LogP contribution in [0.4, 0.5) is 0 Å². The summed E-state index contributed by atoms with van der Waals surface area (Å²) in [5, 5.41) is 0. The van der Waals surface area contributed by atoms with E-state index in [1.54, 1.807) is 12.0 Å². The lowest BCUT2D eigenvalue weighted by Gasteiger charge is -2.16. The van der Waals surface area contributed by atoms with Gasteiger partial charge in [-0.15, -0.1) is 6.58 Å². The summed E-state index contributed by atoms with van der Waals surface area (Å²) in [6.45, 7) is 3.65. The second-order valence-electron chi connectivity index (χ2n) is 1.83. The van der Waals surface area contributed by atoms with Gasteiger partial charge in [0.1, 0.15) is 0 Å². The summed E-state index contributed by atoms with van der Waals surface area (Å²) in [5.74, 6) is 1.14. The average molecular weight is 130 g/mol. The lowest BCUT2D eigenvalue weighted by molar-refractivity contribution is 0.268. The summed E-state index contributed by atoms with van der Waals surface area (Å²) < 4.78 is 5.23. The van der Waals surface area contributed by atoms with Gasteiger partial charge in [-0.1, -0.05) is 6.08 Å². The van der Waals surface area contributed by atoms with E-state index in [-0.39, 0.29) is 0 Å². The standard InChI is InChI=1S/C6H10OS/c1-2-6-4-3-5-8-7-6/h2,6H,1,3-5H2. The Bertz CT molecular complexity index is 76.6. The summed E-state index contributed by atoms with van der Waals surface area (Å²) in [7, 11) is 0. The van der Waals surface area contributed by atoms with Crippen molar-refractivity contribution in [2.24, 2.45) is 0 Å². The molecule has 1 aliphatic heterocycles. The van der Waals surface area contributed by atoms with Gasteiger partial charge in [-0.3, -0.25) is 0 Å². The monoisotopic (exact) mass is 130 g/mol. The average Bonchev–Trinajstić information content (AvgIpc) is 1.90. The van der Waals surface area contributed by atoms with Crippen molar-refractivity contribution in [2.75, 3.05) is 5.75 Å². The van der Waals surface area contributed by atoms with E-state index in [0.717, 1.165) is 12.2 Å². The molecule has 1 atom stereocenters. The van der Waals surface area contributed by atoms with Crippen molar-refractivity contribution in [2.45, 2.75) is 18.9 Å². The summed E-state index contributed by atoms with van der Waals surface area (Å²) >= 11 is 1.56. The van der Waals surface area contributed by atoms with Crippen molar-refractivity contribution in [1.29, 1.82) is 0 Å². The van der Waals surface area contributed by atoms with Gasteiger partial charge in [-0.05, 0) is 24.9 Å². The third kappa shape index (κ3) is 1.53. The van der Waals surface area contributed by atoms with E-state index in [1.807, 2.05) is 6.08 Å². The van der Waals surface area contributed by atoms with Crippen LogP contribution in [-0.4, -0.2) is 11.9 Å². The van der Waals surface area contributed by atoms with E-state index < -0.39 is 0 Å². The van der Waals surface area contributed by atoms with Gasteiger partial charge in [0.15, 0.2) is 0 Å². The van der Waals surface area contributed by atoms with E-state index >= 15 is 0 Å². The van der Waals surface area contributed by atoms with Crippen molar-refractivity contribution in [3.8, 4) is 0 Å². The van der Waals surface area contributed by atoms with E-state index in [0.29, 0.717) is 6.10 Å². The molecule has 1 nitrogen and oxygen atoms in total. The SMILES string of the molecule is C=CC1CCCSO1. The summed E-state index contributed by atoms with van der Waals surface area (Å²) in [6, 6.07) is 0. The zero-order chi connectivity index (χ0) is 5.82. The molecule has 1 aliphatic rings. The maximum absolute atomic E-state index is 5.23. The molecule has 0 N–H and O–H groups in total.